The van der Waals surface area contributed by atoms with Crippen molar-refractivity contribution in [2.75, 3.05) is 19.3 Å². The minimum atomic E-state index is -0.178. The molecule has 2 aromatic rings. The van der Waals surface area contributed by atoms with Crippen LogP contribution in [0.5, 0.6) is 0 Å². The Morgan fingerprint density at radius 2 is 2.21 bits per heavy atom. The van der Waals surface area contributed by atoms with E-state index in [9.17, 15) is 4.79 Å². The van der Waals surface area contributed by atoms with Crippen molar-refractivity contribution in [3.8, 4) is 0 Å². The Hall–Kier alpha value is -1.86. The summed E-state index contributed by atoms with van der Waals surface area (Å²) >= 11 is 1.69. The predicted molar refractivity (Wildman–Crippen MR) is 95.3 cm³/mol. The van der Waals surface area contributed by atoms with E-state index in [0.717, 1.165) is 31.5 Å². The first-order valence-corrected chi connectivity index (χ1v) is 9.44. The first kappa shape index (κ1) is 17.0. The molecule has 1 aromatic heterocycles. The van der Waals surface area contributed by atoms with Crippen molar-refractivity contribution in [3.63, 3.8) is 0 Å². The van der Waals surface area contributed by atoms with Gasteiger partial charge in [-0.25, -0.2) is 4.68 Å². The van der Waals surface area contributed by atoms with Gasteiger partial charge in [0.15, 0.2) is 5.69 Å². The average molecular weight is 345 g/mol. The number of carbonyl (C=O) groups excluding carboxylic acids is 1. The second-order valence-electron chi connectivity index (χ2n) is 6.06. The van der Waals surface area contributed by atoms with E-state index in [1.807, 2.05) is 10.9 Å². The lowest BCUT2D eigenvalue weighted by molar-refractivity contribution is 0.0945. The van der Waals surface area contributed by atoms with E-state index in [2.05, 4.69) is 46.1 Å². The molecule has 2 N–H and O–H groups in total. The van der Waals surface area contributed by atoms with E-state index in [-0.39, 0.29) is 5.91 Å². The molecule has 1 aliphatic rings. The molecule has 1 fully saturated rings. The number of amides is 1. The van der Waals surface area contributed by atoms with Crippen molar-refractivity contribution in [3.05, 3.63) is 41.2 Å². The molecule has 0 atom stereocenters. The highest BCUT2D eigenvalue weighted by Crippen LogP contribution is 2.22. The van der Waals surface area contributed by atoms with Gasteiger partial charge in [-0.15, -0.1) is 16.9 Å². The third-order valence-electron chi connectivity index (χ3n) is 4.31. The molecule has 0 aliphatic carbocycles. The van der Waals surface area contributed by atoms with Crippen LogP contribution in [0.4, 0.5) is 0 Å². The molecular formula is C17H23N5OS. The van der Waals surface area contributed by atoms with Crippen molar-refractivity contribution in [2.24, 2.45) is 0 Å². The van der Waals surface area contributed by atoms with Gasteiger partial charge in [0, 0.05) is 11.4 Å². The maximum Gasteiger partial charge on any atom is 0.273 e. The molecule has 1 saturated heterocycles. The van der Waals surface area contributed by atoms with Crippen LogP contribution in [0.1, 0.15) is 40.5 Å². The molecule has 24 heavy (non-hydrogen) atoms. The second kappa shape index (κ2) is 7.81. The molecule has 128 valence electrons. The molecule has 0 bridgehead atoms. The molecular weight excluding hydrogens is 322 g/mol. The smallest absolute Gasteiger partial charge is 0.273 e. The SMILES string of the molecule is CSc1cc(C)ccc1CNC(=O)c1cn(C2CCNCC2)nn1. The van der Waals surface area contributed by atoms with Crippen LogP contribution in [0.2, 0.25) is 0 Å². The van der Waals surface area contributed by atoms with Gasteiger partial charge in [-0.3, -0.25) is 4.79 Å². The quantitative estimate of drug-likeness (QED) is 0.813. The Morgan fingerprint density at radius 3 is 2.96 bits per heavy atom. The molecule has 6 nitrogen and oxygen atoms in total. The zero-order valence-corrected chi connectivity index (χ0v) is 14.9. The van der Waals surface area contributed by atoms with Crippen LogP contribution >= 0.6 is 11.8 Å². The largest absolute Gasteiger partial charge is 0.346 e. The Bertz CT molecular complexity index is 709. The predicted octanol–water partition coefficient (Wildman–Crippen LogP) is 2.16. The molecule has 0 radical (unpaired) electrons. The van der Waals surface area contributed by atoms with E-state index in [4.69, 9.17) is 0 Å². The topological polar surface area (TPSA) is 71.8 Å². The number of aryl methyl sites for hydroxylation is 1. The van der Waals surface area contributed by atoms with Crippen LogP contribution in [0, 0.1) is 6.92 Å². The monoisotopic (exact) mass is 345 g/mol. The van der Waals surface area contributed by atoms with Gasteiger partial charge in [-0.05, 0) is 56.3 Å². The Balaban J connectivity index is 1.62. The lowest BCUT2D eigenvalue weighted by atomic mass is 10.1. The van der Waals surface area contributed by atoms with Crippen LogP contribution in [-0.4, -0.2) is 40.2 Å². The fraction of sp³-hybridized carbons (Fsp3) is 0.471. The van der Waals surface area contributed by atoms with E-state index in [1.165, 1.54) is 10.5 Å². The third-order valence-corrected chi connectivity index (χ3v) is 5.13. The fourth-order valence-electron chi connectivity index (χ4n) is 2.89. The zero-order valence-electron chi connectivity index (χ0n) is 14.1. The molecule has 3 rings (SSSR count). The van der Waals surface area contributed by atoms with Crippen LogP contribution in [-0.2, 0) is 6.54 Å². The summed E-state index contributed by atoms with van der Waals surface area (Å²) in [4.78, 5) is 13.5. The van der Waals surface area contributed by atoms with Crippen molar-refractivity contribution in [2.45, 2.75) is 37.2 Å². The summed E-state index contributed by atoms with van der Waals surface area (Å²) in [6, 6.07) is 6.60. The number of aromatic nitrogens is 3. The van der Waals surface area contributed by atoms with Gasteiger partial charge in [0.25, 0.3) is 5.91 Å². The number of nitrogens with one attached hydrogen (secondary N) is 2. The maximum absolute atomic E-state index is 12.3. The molecule has 1 aromatic carbocycles. The zero-order chi connectivity index (χ0) is 16.9. The normalized spacial score (nSPS) is 15.4. The van der Waals surface area contributed by atoms with Crippen LogP contribution < -0.4 is 10.6 Å². The number of carbonyl (C=O) groups is 1. The summed E-state index contributed by atoms with van der Waals surface area (Å²) in [7, 11) is 0. The number of piperidine rings is 1. The van der Waals surface area contributed by atoms with Gasteiger partial charge < -0.3 is 10.6 Å². The molecule has 1 amide bonds. The van der Waals surface area contributed by atoms with Gasteiger partial charge in [0.05, 0.1) is 12.2 Å². The van der Waals surface area contributed by atoms with Crippen molar-refractivity contribution < 1.29 is 4.79 Å². The highest BCUT2D eigenvalue weighted by Gasteiger charge is 2.18. The van der Waals surface area contributed by atoms with Gasteiger partial charge in [0.1, 0.15) is 0 Å². The Labute approximate surface area is 146 Å². The number of hydrogen-bond acceptors (Lipinski definition) is 5. The maximum atomic E-state index is 12.3. The van der Waals surface area contributed by atoms with Gasteiger partial charge >= 0.3 is 0 Å². The second-order valence-corrected chi connectivity index (χ2v) is 6.91. The van der Waals surface area contributed by atoms with Crippen LogP contribution in [0.25, 0.3) is 0 Å². The number of nitrogens with zero attached hydrogens (tertiary/aromatic N) is 3. The standard InChI is InChI=1S/C17H23N5OS/c1-12-3-4-13(16(9-12)24-2)10-19-17(23)15-11-22(21-20-15)14-5-7-18-8-6-14/h3-4,9,11,14,18H,5-8,10H2,1-2H3,(H,19,23). The molecule has 7 heteroatoms. The Morgan fingerprint density at radius 1 is 1.42 bits per heavy atom. The Kier molecular flexibility index (Phi) is 5.52. The first-order chi connectivity index (χ1) is 11.7. The van der Waals surface area contributed by atoms with E-state index in [0.29, 0.717) is 18.3 Å². The molecule has 0 saturated carbocycles. The number of benzene rings is 1. The number of hydrogen-bond donors (Lipinski definition) is 2. The van der Waals surface area contributed by atoms with Crippen LogP contribution in [0.15, 0.2) is 29.3 Å². The highest BCUT2D eigenvalue weighted by molar-refractivity contribution is 7.98. The van der Waals surface area contributed by atoms with Crippen molar-refractivity contribution in [1.82, 2.24) is 25.6 Å². The third kappa shape index (κ3) is 3.96. The molecule has 1 aliphatic heterocycles. The van der Waals surface area contributed by atoms with Crippen LogP contribution in [0.3, 0.4) is 0 Å². The summed E-state index contributed by atoms with van der Waals surface area (Å²) in [6.45, 7) is 4.53. The fourth-order valence-corrected chi connectivity index (χ4v) is 3.60. The van der Waals surface area contributed by atoms with Crippen molar-refractivity contribution in [1.29, 1.82) is 0 Å². The van der Waals surface area contributed by atoms with E-state index in [1.54, 1.807) is 18.0 Å². The average Bonchev–Trinajstić information content (AvgIpc) is 3.11. The summed E-state index contributed by atoms with van der Waals surface area (Å²) in [5.74, 6) is -0.178. The summed E-state index contributed by atoms with van der Waals surface area (Å²) in [6.07, 6.45) is 5.84. The molecule has 0 spiro atoms. The number of rotatable bonds is 5. The number of thioether (sulfide) groups is 1. The van der Waals surface area contributed by atoms with E-state index >= 15 is 0 Å². The minimum Gasteiger partial charge on any atom is -0.346 e. The molecule has 0 unspecified atom stereocenters. The lowest BCUT2D eigenvalue weighted by Gasteiger charge is -2.22. The van der Waals surface area contributed by atoms with Gasteiger partial charge in [0.2, 0.25) is 0 Å². The summed E-state index contributed by atoms with van der Waals surface area (Å²) in [5, 5.41) is 14.4. The summed E-state index contributed by atoms with van der Waals surface area (Å²) in [5.41, 5.74) is 2.72. The summed E-state index contributed by atoms with van der Waals surface area (Å²) < 4.78 is 1.83. The van der Waals surface area contributed by atoms with Gasteiger partial charge in [-0.1, -0.05) is 17.3 Å². The van der Waals surface area contributed by atoms with Crippen molar-refractivity contribution >= 4 is 17.7 Å². The first-order valence-electron chi connectivity index (χ1n) is 8.21. The van der Waals surface area contributed by atoms with Gasteiger partial charge in [-0.2, -0.15) is 0 Å². The highest BCUT2D eigenvalue weighted by atomic mass is 32.2. The minimum absolute atomic E-state index is 0.178. The molecule has 2 heterocycles. The van der Waals surface area contributed by atoms with E-state index < -0.39 is 0 Å². The lowest BCUT2D eigenvalue weighted by Crippen LogP contribution is -2.29.